The fourth-order valence-corrected chi connectivity index (χ4v) is 2.64. The van der Waals surface area contributed by atoms with Gasteiger partial charge in [0.05, 0.1) is 0 Å². The van der Waals surface area contributed by atoms with Gasteiger partial charge in [0.1, 0.15) is 0 Å². The molecule has 0 aromatic heterocycles. The van der Waals surface area contributed by atoms with E-state index in [0.29, 0.717) is 18.0 Å². The molecule has 19 heavy (non-hydrogen) atoms. The molecule has 1 heterocycles. The molecule has 1 aromatic rings. The molecular weight excluding hydrogens is 234 g/mol. The van der Waals surface area contributed by atoms with Crippen LogP contribution in [0.2, 0.25) is 0 Å². The van der Waals surface area contributed by atoms with Gasteiger partial charge in [-0.1, -0.05) is 13.8 Å². The first-order valence-corrected chi connectivity index (χ1v) is 7.26. The Morgan fingerprint density at radius 3 is 2.37 bits per heavy atom. The Balaban J connectivity index is 2.14. The predicted molar refractivity (Wildman–Crippen MR) is 84.2 cm³/mol. The minimum Gasteiger partial charge on any atom is -0.378 e. The first-order chi connectivity index (χ1) is 8.99. The van der Waals surface area contributed by atoms with Gasteiger partial charge in [-0.3, -0.25) is 0 Å². The van der Waals surface area contributed by atoms with Crippen LogP contribution in [0.15, 0.2) is 24.3 Å². The van der Waals surface area contributed by atoms with Gasteiger partial charge in [0.25, 0.3) is 0 Å². The van der Waals surface area contributed by atoms with Crippen molar-refractivity contribution in [1.82, 2.24) is 5.32 Å². The second-order valence-electron chi connectivity index (χ2n) is 6.17. The third-order valence-electron chi connectivity index (χ3n) is 4.10. The normalized spacial score (nSPS) is 23.8. The maximum absolute atomic E-state index is 3.65. The molecule has 0 spiro atoms. The maximum Gasteiger partial charge on any atom is 0.0387 e. The molecule has 106 valence electrons. The standard InChI is InChI=1S/C16H27N3/c1-12(2)16-11-19(13(3)10-17-16)15-8-6-14(7-9-15)18(4)5/h6-9,12-13,16-17H,10-11H2,1-5H3. The van der Waals surface area contributed by atoms with E-state index in [1.807, 2.05) is 0 Å². The van der Waals surface area contributed by atoms with Crippen LogP contribution in [0.25, 0.3) is 0 Å². The number of piperazine rings is 1. The van der Waals surface area contributed by atoms with Gasteiger partial charge in [0, 0.05) is 50.6 Å². The SMILES string of the molecule is CC(C)C1CN(c2ccc(N(C)C)cc2)C(C)CN1. The highest BCUT2D eigenvalue weighted by Crippen LogP contribution is 2.24. The molecule has 2 atom stereocenters. The van der Waals surface area contributed by atoms with Crippen molar-refractivity contribution in [3.8, 4) is 0 Å². The Bertz CT molecular complexity index is 397. The highest BCUT2D eigenvalue weighted by Gasteiger charge is 2.26. The molecule has 2 rings (SSSR count). The molecule has 0 amide bonds. The van der Waals surface area contributed by atoms with Crippen LogP contribution < -0.4 is 15.1 Å². The largest absolute Gasteiger partial charge is 0.378 e. The summed E-state index contributed by atoms with van der Waals surface area (Å²) in [5.74, 6) is 0.677. The average molecular weight is 261 g/mol. The Labute approximate surface area is 117 Å². The van der Waals surface area contributed by atoms with Crippen molar-refractivity contribution in [3.63, 3.8) is 0 Å². The van der Waals surface area contributed by atoms with E-state index < -0.39 is 0 Å². The van der Waals surface area contributed by atoms with Crippen LogP contribution in [0.1, 0.15) is 20.8 Å². The molecule has 1 saturated heterocycles. The molecule has 0 bridgehead atoms. The number of nitrogens with zero attached hydrogens (tertiary/aromatic N) is 2. The van der Waals surface area contributed by atoms with E-state index >= 15 is 0 Å². The minimum absolute atomic E-state index is 0.556. The van der Waals surface area contributed by atoms with Crippen molar-refractivity contribution in [2.24, 2.45) is 5.92 Å². The zero-order valence-corrected chi connectivity index (χ0v) is 12.9. The molecule has 1 aliphatic heterocycles. The Morgan fingerprint density at radius 2 is 1.84 bits per heavy atom. The summed E-state index contributed by atoms with van der Waals surface area (Å²) < 4.78 is 0. The molecule has 1 fully saturated rings. The average Bonchev–Trinajstić information content (AvgIpc) is 2.39. The van der Waals surface area contributed by atoms with E-state index in [0.717, 1.165) is 13.1 Å². The summed E-state index contributed by atoms with van der Waals surface area (Å²) in [5.41, 5.74) is 2.59. The first-order valence-electron chi connectivity index (χ1n) is 7.26. The van der Waals surface area contributed by atoms with Gasteiger partial charge >= 0.3 is 0 Å². The summed E-state index contributed by atoms with van der Waals surface area (Å²) in [5, 5.41) is 3.65. The fourth-order valence-electron chi connectivity index (χ4n) is 2.64. The van der Waals surface area contributed by atoms with E-state index in [-0.39, 0.29) is 0 Å². The van der Waals surface area contributed by atoms with Crippen molar-refractivity contribution in [2.75, 3.05) is 37.0 Å². The van der Waals surface area contributed by atoms with Crippen LogP contribution in [0.3, 0.4) is 0 Å². The summed E-state index contributed by atoms with van der Waals surface area (Å²) >= 11 is 0. The Hall–Kier alpha value is -1.22. The van der Waals surface area contributed by atoms with Crippen LogP contribution in [-0.2, 0) is 0 Å². The van der Waals surface area contributed by atoms with Gasteiger partial charge < -0.3 is 15.1 Å². The summed E-state index contributed by atoms with van der Waals surface area (Å²) in [6.45, 7) is 9.05. The van der Waals surface area contributed by atoms with E-state index in [4.69, 9.17) is 0 Å². The number of hydrogen-bond donors (Lipinski definition) is 1. The predicted octanol–water partition coefficient (Wildman–Crippen LogP) is 2.58. The van der Waals surface area contributed by atoms with Crippen molar-refractivity contribution in [2.45, 2.75) is 32.9 Å². The topological polar surface area (TPSA) is 18.5 Å². The minimum atomic E-state index is 0.556. The first kappa shape index (κ1) is 14.2. The summed E-state index contributed by atoms with van der Waals surface area (Å²) in [4.78, 5) is 4.67. The molecular formula is C16H27N3. The molecule has 1 N–H and O–H groups in total. The van der Waals surface area contributed by atoms with Crippen molar-refractivity contribution in [3.05, 3.63) is 24.3 Å². The monoisotopic (exact) mass is 261 g/mol. The van der Waals surface area contributed by atoms with E-state index in [9.17, 15) is 0 Å². The molecule has 0 saturated carbocycles. The molecule has 0 aliphatic carbocycles. The molecule has 3 heteroatoms. The highest BCUT2D eigenvalue weighted by atomic mass is 15.2. The fraction of sp³-hybridized carbons (Fsp3) is 0.625. The van der Waals surface area contributed by atoms with Gasteiger partial charge in [-0.15, -0.1) is 0 Å². The van der Waals surface area contributed by atoms with Gasteiger partial charge in [-0.2, -0.15) is 0 Å². The van der Waals surface area contributed by atoms with E-state index in [2.05, 4.69) is 74.2 Å². The second kappa shape index (κ2) is 5.83. The summed E-state index contributed by atoms with van der Waals surface area (Å²) in [6, 6.07) is 10.0. The molecule has 0 radical (unpaired) electrons. The highest BCUT2D eigenvalue weighted by molar-refractivity contribution is 5.56. The zero-order valence-electron chi connectivity index (χ0n) is 12.9. The number of nitrogens with one attached hydrogen (secondary N) is 1. The lowest BCUT2D eigenvalue weighted by molar-refractivity contribution is 0.337. The lowest BCUT2D eigenvalue weighted by atomic mass is 9.99. The zero-order chi connectivity index (χ0) is 14.0. The summed E-state index contributed by atoms with van der Waals surface area (Å²) in [7, 11) is 4.16. The number of hydrogen-bond acceptors (Lipinski definition) is 3. The van der Waals surface area contributed by atoms with Gasteiger partial charge in [-0.05, 0) is 37.1 Å². The smallest absolute Gasteiger partial charge is 0.0387 e. The van der Waals surface area contributed by atoms with E-state index in [1.165, 1.54) is 11.4 Å². The lowest BCUT2D eigenvalue weighted by Gasteiger charge is -2.42. The van der Waals surface area contributed by atoms with E-state index in [1.54, 1.807) is 0 Å². The van der Waals surface area contributed by atoms with Gasteiger partial charge in [0.15, 0.2) is 0 Å². The van der Waals surface area contributed by atoms with Crippen LogP contribution in [0, 0.1) is 5.92 Å². The van der Waals surface area contributed by atoms with Gasteiger partial charge in [0.2, 0.25) is 0 Å². The quantitative estimate of drug-likeness (QED) is 0.902. The number of benzene rings is 1. The third kappa shape index (κ3) is 3.21. The molecule has 2 unspecified atom stereocenters. The number of anilines is 2. The lowest BCUT2D eigenvalue weighted by Crippen LogP contribution is -2.57. The van der Waals surface area contributed by atoms with Crippen LogP contribution in [0.5, 0.6) is 0 Å². The second-order valence-corrected chi connectivity index (χ2v) is 6.17. The van der Waals surface area contributed by atoms with Crippen LogP contribution in [-0.4, -0.2) is 39.3 Å². The van der Waals surface area contributed by atoms with Crippen molar-refractivity contribution in [1.29, 1.82) is 0 Å². The maximum atomic E-state index is 3.65. The van der Waals surface area contributed by atoms with Crippen LogP contribution in [0.4, 0.5) is 11.4 Å². The molecule has 3 nitrogen and oxygen atoms in total. The molecule has 1 aromatic carbocycles. The van der Waals surface area contributed by atoms with Crippen molar-refractivity contribution >= 4 is 11.4 Å². The third-order valence-corrected chi connectivity index (χ3v) is 4.10. The summed E-state index contributed by atoms with van der Waals surface area (Å²) in [6.07, 6.45) is 0. The van der Waals surface area contributed by atoms with Gasteiger partial charge in [-0.25, -0.2) is 0 Å². The Kier molecular flexibility index (Phi) is 4.35. The Morgan fingerprint density at radius 1 is 1.21 bits per heavy atom. The molecule has 1 aliphatic rings. The number of rotatable bonds is 3. The van der Waals surface area contributed by atoms with Crippen LogP contribution >= 0.6 is 0 Å². The van der Waals surface area contributed by atoms with Crippen molar-refractivity contribution < 1.29 is 0 Å².